The maximum atomic E-state index is 3.25. The molecule has 0 aromatic heterocycles. The van der Waals surface area contributed by atoms with Crippen LogP contribution in [0, 0.1) is 12.8 Å². The van der Waals surface area contributed by atoms with Crippen molar-refractivity contribution in [1.82, 2.24) is 0 Å². The predicted molar refractivity (Wildman–Crippen MR) is 46.9 cm³/mol. The standard InChI is InChI=1S/C4H9.C3H5.Cu.H3P/c1-4(2)3;1-3-2;;/h1-3H3;3H,1-2H2;;1H3/q2*-1;+2;. The Kier molecular flexibility index (Phi) is 59.2. The van der Waals surface area contributed by atoms with Crippen LogP contribution in [0.1, 0.15) is 20.8 Å². The molecule has 0 rings (SSSR count). The van der Waals surface area contributed by atoms with Crippen molar-refractivity contribution < 1.29 is 17.1 Å². The molecule has 0 bridgehead atoms. The van der Waals surface area contributed by atoms with Crippen molar-refractivity contribution in [2.45, 2.75) is 20.8 Å². The zero-order valence-electron chi connectivity index (χ0n) is 6.50. The van der Waals surface area contributed by atoms with Crippen LogP contribution in [-0.4, -0.2) is 0 Å². The molecule has 0 nitrogen and oxygen atoms in total. The molecule has 61 valence electrons. The summed E-state index contributed by atoms with van der Waals surface area (Å²) in [5.74, 6) is 1.42. The van der Waals surface area contributed by atoms with Crippen molar-refractivity contribution in [3.63, 3.8) is 0 Å². The second-order valence-electron chi connectivity index (χ2n) is 1.79. The number of allylic oxidation sites excluding steroid dienone is 1. The van der Waals surface area contributed by atoms with Crippen LogP contribution in [0.5, 0.6) is 0 Å². The van der Waals surface area contributed by atoms with Crippen LogP contribution in [-0.2, 0) is 17.1 Å². The van der Waals surface area contributed by atoms with E-state index < -0.39 is 0 Å². The molecule has 0 aliphatic carbocycles. The molecule has 0 N–H and O–H groups in total. The molecular weight excluding hydrogens is 179 g/mol. The molecule has 0 amide bonds. The van der Waals surface area contributed by atoms with Gasteiger partial charge in [0.05, 0.1) is 0 Å². The Balaban J connectivity index is -0.0000000233. The van der Waals surface area contributed by atoms with Crippen LogP contribution >= 0.6 is 9.90 Å². The van der Waals surface area contributed by atoms with Gasteiger partial charge in [0.2, 0.25) is 0 Å². The molecule has 1 unspecified atom stereocenters. The maximum absolute atomic E-state index is 3.25. The van der Waals surface area contributed by atoms with Crippen molar-refractivity contribution in [3.05, 3.63) is 25.5 Å². The SMILES string of the molecule is C=C[CH2-].C[C-](C)C.P.[Cu+2]. The summed E-state index contributed by atoms with van der Waals surface area (Å²) in [4.78, 5) is 0. The average Bonchev–Trinajstić information content (AvgIpc) is 1.33. The number of rotatable bonds is 0. The smallest absolute Gasteiger partial charge is 0.323 e. The van der Waals surface area contributed by atoms with Crippen molar-refractivity contribution in [3.8, 4) is 0 Å². The molecule has 0 saturated carbocycles. The molecule has 2 heteroatoms. The van der Waals surface area contributed by atoms with E-state index in [-0.39, 0.29) is 27.0 Å². The van der Waals surface area contributed by atoms with Gasteiger partial charge in [-0.15, -0.1) is 0 Å². The summed E-state index contributed by atoms with van der Waals surface area (Å²) in [5, 5.41) is 0. The van der Waals surface area contributed by atoms with Gasteiger partial charge in [-0.25, -0.2) is 19.6 Å². The number of hydrogen-bond acceptors (Lipinski definition) is 0. The topological polar surface area (TPSA) is 0 Å². The van der Waals surface area contributed by atoms with Crippen LogP contribution in [0.25, 0.3) is 0 Å². The Hall–Kier alpha value is 0.559. The van der Waals surface area contributed by atoms with Crippen molar-refractivity contribution in [2.24, 2.45) is 0 Å². The van der Waals surface area contributed by atoms with Crippen molar-refractivity contribution in [1.29, 1.82) is 0 Å². The summed E-state index contributed by atoms with van der Waals surface area (Å²) in [6.07, 6.45) is 1.50. The fourth-order valence-corrected chi connectivity index (χ4v) is 0. The summed E-state index contributed by atoms with van der Waals surface area (Å²) < 4.78 is 0. The second kappa shape index (κ2) is 23.5. The van der Waals surface area contributed by atoms with Gasteiger partial charge in [-0.2, -0.15) is 30.7 Å². The minimum Gasteiger partial charge on any atom is -0.323 e. The molecule has 1 radical (unpaired) electrons. The van der Waals surface area contributed by atoms with Gasteiger partial charge in [0.15, 0.2) is 0 Å². The number of hydrogen-bond donors (Lipinski definition) is 0. The first-order valence-corrected chi connectivity index (χ1v) is 2.32. The molecule has 0 aromatic rings. The van der Waals surface area contributed by atoms with E-state index in [1.54, 1.807) is 0 Å². The monoisotopic (exact) mass is 195 g/mol. The van der Waals surface area contributed by atoms with Crippen molar-refractivity contribution >= 4 is 9.90 Å². The van der Waals surface area contributed by atoms with Gasteiger partial charge in [-0.3, -0.25) is 0 Å². The van der Waals surface area contributed by atoms with E-state index in [0.29, 0.717) is 0 Å². The van der Waals surface area contributed by atoms with Crippen LogP contribution in [0.2, 0.25) is 0 Å². The van der Waals surface area contributed by atoms with E-state index in [2.05, 4.69) is 34.3 Å². The van der Waals surface area contributed by atoms with Gasteiger partial charge in [0.25, 0.3) is 0 Å². The summed E-state index contributed by atoms with van der Waals surface area (Å²) >= 11 is 0. The molecule has 0 heterocycles. The Bertz CT molecular complexity index is 33.1. The van der Waals surface area contributed by atoms with Gasteiger partial charge >= 0.3 is 17.1 Å². The fourth-order valence-electron chi connectivity index (χ4n) is 0. The third-order valence-electron chi connectivity index (χ3n) is 0. The van der Waals surface area contributed by atoms with Gasteiger partial charge in [-0.05, 0) is 0 Å². The Labute approximate surface area is 73.6 Å². The summed E-state index contributed by atoms with van der Waals surface area (Å²) in [6, 6.07) is 0. The third-order valence-corrected chi connectivity index (χ3v) is 0. The van der Waals surface area contributed by atoms with E-state index >= 15 is 0 Å². The largest absolute Gasteiger partial charge is 2.00 e. The van der Waals surface area contributed by atoms with E-state index in [1.807, 2.05) is 0 Å². The van der Waals surface area contributed by atoms with Gasteiger partial charge in [0, 0.05) is 0 Å². The molecule has 0 fully saturated rings. The molecule has 0 aliphatic rings. The molecular formula is C7H17CuP. The van der Waals surface area contributed by atoms with E-state index in [1.165, 1.54) is 12.0 Å². The Morgan fingerprint density at radius 1 is 1.33 bits per heavy atom. The maximum Gasteiger partial charge on any atom is 2.00 e. The van der Waals surface area contributed by atoms with Crippen LogP contribution < -0.4 is 0 Å². The van der Waals surface area contributed by atoms with Crippen molar-refractivity contribution in [2.75, 3.05) is 0 Å². The van der Waals surface area contributed by atoms with E-state index in [9.17, 15) is 0 Å². The summed E-state index contributed by atoms with van der Waals surface area (Å²) in [5.41, 5.74) is 0. The third kappa shape index (κ3) is 1180. The average molecular weight is 196 g/mol. The first-order valence-electron chi connectivity index (χ1n) is 2.32. The Morgan fingerprint density at radius 2 is 1.33 bits per heavy atom. The molecule has 9 heavy (non-hydrogen) atoms. The fraction of sp³-hybridized carbons (Fsp3) is 0.429. The van der Waals surface area contributed by atoms with Gasteiger partial charge in [-0.1, -0.05) is 0 Å². The van der Waals surface area contributed by atoms with Crippen LogP contribution in [0.4, 0.5) is 0 Å². The quantitative estimate of drug-likeness (QED) is 0.317. The molecule has 1 atom stereocenters. The van der Waals surface area contributed by atoms with Gasteiger partial charge < -0.3 is 5.92 Å². The van der Waals surface area contributed by atoms with E-state index in [4.69, 9.17) is 0 Å². The van der Waals surface area contributed by atoms with Crippen LogP contribution in [0.3, 0.4) is 0 Å². The first kappa shape index (κ1) is 22.7. The summed E-state index contributed by atoms with van der Waals surface area (Å²) in [7, 11) is 0. The zero-order valence-corrected chi connectivity index (χ0v) is 8.86. The second-order valence-corrected chi connectivity index (χ2v) is 1.79. The minimum absolute atomic E-state index is 0. The normalized spacial score (nSPS) is 5.33. The van der Waals surface area contributed by atoms with Crippen LogP contribution in [0.15, 0.2) is 12.7 Å². The predicted octanol–water partition coefficient (Wildman–Crippen LogP) is 2.68. The van der Waals surface area contributed by atoms with E-state index in [0.717, 1.165) is 0 Å². The first-order chi connectivity index (χ1) is 3.15. The molecule has 0 saturated heterocycles. The molecule has 0 spiro atoms. The molecule has 0 aliphatic heterocycles. The minimum atomic E-state index is 0. The zero-order chi connectivity index (χ0) is 6.28. The summed E-state index contributed by atoms with van der Waals surface area (Å²) in [6.45, 7) is 12.8. The molecule has 0 aromatic carbocycles. The Morgan fingerprint density at radius 3 is 1.33 bits per heavy atom. The van der Waals surface area contributed by atoms with Gasteiger partial charge in [0.1, 0.15) is 0 Å².